The van der Waals surface area contributed by atoms with Crippen molar-refractivity contribution in [3.8, 4) is 0 Å². The van der Waals surface area contributed by atoms with Crippen LogP contribution in [0, 0.1) is 5.41 Å². The minimum Gasteiger partial charge on any atom is -0.369 e. The van der Waals surface area contributed by atoms with Gasteiger partial charge < -0.3 is 20.6 Å². The Morgan fingerprint density at radius 2 is 1.68 bits per heavy atom. The lowest BCUT2D eigenvalue weighted by atomic mass is 9.75. The molecule has 9 heteroatoms. The normalized spacial score (nSPS) is 18.3. The lowest BCUT2D eigenvalue weighted by Crippen LogP contribution is -2.53. The summed E-state index contributed by atoms with van der Waals surface area (Å²) >= 11 is 4.15. The van der Waals surface area contributed by atoms with Gasteiger partial charge in [0, 0.05) is 24.1 Å². The van der Waals surface area contributed by atoms with E-state index in [2.05, 4.69) is 17.9 Å². The van der Waals surface area contributed by atoms with Gasteiger partial charge in [-0.2, -0.15) is 12.6 Å². The summed E-state index contributed by atoms with van der Waals surface area (Å²) in [5.41, 5.74) is 4.08. The van der Waals surface area contributed by atoms with Crippen molar-refractivity contribution in [2.75, 3.05) is 6.61 Å². The highest BCUT2D eigenvalue weighted by Gasteiger charge is 2.44. The van der Waals surface area contributed by atoms with Crippen molar-refractivity contribution in [1.29, 1.82) is 0 Å². The van der Waals surface area contributed by atoms with Gasteiger partial charge in [-0.1, -0.05) is 41.5 Å². The Labute approximate surface area is 212 Å². The highest BCUT2D eigenvalue weighted by Crippen LogP contribution is 2.30. The number of likely N-dealkylation sites (tertiary alicyclic amines) is 1. The molecule has 0 radical (unpaired) electrons. The third-order valence-corrected chi connectivity index (χ3v) is 5.99. The molecule has 1 aliphatic rings. The molecule has 1 fully saturated rings. The molecule has 3 amide bonds. The Morgan fingerprint density at radius 3 is 2.09 bits per heavy atom. The third kappa shape index (κ3) is 10.4. The van der Waals surface area contributed by atoms with Crippen LogP contribution in [0.3, 0.4) is 0 Å². The van der Waals surface area contributed by atoms with Crippen molar-refractivity contribution >= 4 is 36.6 Å². The van der Waals surface area contributed by atoms with Gasteiger partial charge in [0.25, 0.3) is 0 Å². The summed E-state index contributed by atoms with van der Waals surface area (Å²) in [6.45, 7) is 21.0. The number of nitrogens with zero attached hydrogens (tertiary/aromatic N) is 1. The lowest BCUT2D eigenvalue weighted by Gasteiger charge is -2.38. The molecule has 0 aromatic heterocycles. The molecule has 1 heterocycles. The molecule has 3 atom stereocenters. The second-order valence-corrected chi connectivity index (χ2v) is 10.7. The van der Waals surface area contributed by atoms with Gasteiger partial charge in [-0.15, -0.1) is 0 Å². The maximum absolute atomic E-state index is 12.6. The largest absolute Gasteiger partial charge is 0.369 e. The zero-order chi connectivity index (χ0) is 27.5. The van der Waals surface area contributed by atoms with Crippen LogP contribution in [0.15, 0.2) is 0 Å². The van der Waals surface area contributed by atoms with Crippen LogP contribution in [0.4, 0.5) is 0 Å². The zero-order valence-electron chi connectivity index (χ0n) is 23.2. The number of rotatable bonds is 11. The number of carbonyl (C=O) groups excluding carboxylic acids is 4. The van der Waals surface area contributed by atoms with E-state index in [1.54, 1.807) is 20.8 Å². The Kier molecular flexibility index (Phi) is 15.1. The predicted molar refractivity (Wildman–Crippen MR) is 141 cm³/mol. The molecule has 200 valence electrons. The molecule has 1 saturated heterocycles. The van der Waals surface area contributed by atoms with Crippen molar-refractivity contribution in [2.24, 2.45) is 11.1 Å². The number of hydrogen-bond acceptors (Lipinski definition) is 7. The molecule has 0 spiro atoms. The predicted octanol–water partition coefficient (Wildman–Crippen LogP) is 3.51. The molecule has 8 nitrogen and oxygen atoms in total. The summed E-state index contributed by atoms with van der Waals surface area (Å²) in [6.07, 6.45) is 1.01. The number of hydrogen-bond donors (Lipinski definition) is 3. The summed E-state index contributed by atoms with van der Waals surface area (Å²) in [5.74, 6) is -0.817. The van der Waals surface area contributed by atoms with E-state index in [-0.39, 0.29) is 30.7 Å². The van der Waals surface area contributed by atoms with E-state index in [4.69, 9.17) is 10.5 Å². The van der Waals surface area contributed by atoms with Crippen molar-refractivity contribution in [3.05, 3.63) is 0 Å². The minimum atomic E-state index is -0.726. The van der Waals surface area contributed by atoms with Gasteiger partial charge >= 0.3 is 0 Å². The topological polar surface area (TPSA) is 119 Å². The molecule has 0 bridgehead atoms. The van der Waals surface area contributed by atoms with E-state index in [9.17, 15) is 19.2 Å². The molecule has 0 aliphatic carbocycles. The van der Waals surface area contributed by atoms with Gasteiger partial charge in [-0.05, 0) is 52.9 Å². The Bertz CT molecular complexity index is 679. The van der Waals surface area contributed by atoms with Crippen LogP contribution in [0.25, 0.3) is 0 Å². The average Bonchev–Trinajstić information content (AvgIpc) is 3.00. The zero-order valence-corrected chi connectivity index (χ0v) is 24.0. The summed E-state index contributed by atoms with van der Waals surface area (Å²) in [5, 5.41) is 2.35. The van der Waals surface area contributed by atoms with Crippen LogP contribution in [-0.4, -0.2) is 64.0 Å². The Morgan fingerprint density at radius 1 is 1.18 bits per heavy atom. The number of ether oxygens (including phenoxy) is 1. The average molecular weight is 504 g/mol. The highest BCUT2D eigenvalue weighted by molar-refractivity contribution is 7.81. The van der Waals surface area contributed by atoms with Gasteiger partial charge in [-0.3, -0.25) is 19.3 Å². The number of thiol groups is 1. The van der Waals surface area contributed by atoms with Crippen LogP contribution < -0.4 is 11.1 Å². The SMILES string of the molecule is CC.CC.CC(OCCC(C)(C)N1C(=O)CC(S)C1=O)C(=O)NC(C)(C)CC(C)(C)C(N)C=O. The van der Waals surface area contributed by atoms with Gasteiger partial charge in [0.05, 0.1) is 11.3 Å². The molecule has 0 saturated carbocycles. The van der Waals surface area contributed by atoms with Gasteiger partial charge in [0.1, 0.15) is 12.4 Å². The van der Waals surface area contributed by atoms with E-state index in [1.807, 2.05) is 55.4 Å². The molecular weight excluding hydrogens is 454 g/mol. The number of imide groups is 1. The smallest absolute Gasteiger partial charge is 0.249 e. The maximum Gasteiger partial charge on any atom is 0.249 e. The molecule has 3 N–H and O–H groups in total. The van der Waals surface area contributed by atoms with Crippen LogP contribution in [0.5, 0.6) is 0 Å². The first-order valence-corrected chi connectivity index (χ1v) is 12.8. The van der Waals surface area contributed by atoms with Crippen molar-refractivity contribution in [1.82, 2.24) is 10.2 Å². The lowest BCUT2D eigenvalue weighted by molar-refractivity contribution is -0.146. The fourth-order valence-corrected chi connectivity index (χ4v) is 4.12. The molecule has 0 aromatic carbocycles. The summed E-state index contributed by atoms with van der Waals surface area (Å²) < 4.78 is 5.68. The standard InChI is InChI=1S/C21H37N3O5S.2C2H6/c1-13(17(27)23-20(4,5)12-19(2,3)15(22)11-25)29-9-8-21(6,7)24-16(26)10-14(30)18(24)28;2*1-2/h11,13-15,30H,8-10,12,22H2,1-7H3,(H,23,27);2*1-2H3. The van der Waals surface area contributed by atoms with E-state index in [0.29, 0.717) is 12.8 Å². The van der Waals surface area contributed by atoms with E-state index in [1.165, 1.54) is 4.90 Å². The van der Waals surface area contributed by atoms with Crippen LogP contribution in [0.1, 0.15) is 95.4 Å². The maximum atomic E-state index is 12.6. The van der Waals surface area contributed by atoms with Crippen LogP contribution in [0.2, 0.25) is 0 Å². The number of amides is 3. The van der Waals surface area contributed by atoms with Crippen LogP contribution in [-0.2, 0) is 23.9 Å². The van der Waals surface area contributed by atoms with E-state index >= 15 is 0 Å². The third-order valence-electron chi connectivity index (χ3n) is 5.59. The monoisotopic (exact) mass is 503 g/mol. The number of nitrogens with two attached hydrogens (primary N) is 1. The molecule has 1 rings (SSSR count). The summed E-state index contributed by atoms with van der Waals surface area (Å²) in [7, 11) is 0. The quantitative estimate of drug-likeness (QED) is 0.226. The molecular formula is C25H49N3O5S. The van der Waals surface area contributed by atoms with Gasteiger partial charge in [0.15, 0.2) is 0 Å². The number of aldehydes is 1. The van der Waals surface area contributed by atoms with Crippen molar-refractivity contribution < 1.29 is 23.9 Å². The Hall–Kier alpha value is -1.45. The molecule has 0 aromatic rings. The van der Waals surface area contributed by atoms with Gasteiger partial charge in [0.2, 0.25) is 17.7 Å². The van der Waals surface area contributed by atoms with Crippen molar-refractivity contribution in [3.63, 3.8) is 0 Å². The molecule has 3 unspecified atom stereocenters. The first-order valence-electron chi connectivity index (χ1n) is 12.2. The molecule has 1 aliphatic heterocycles. The fraction of sp³-hybridized carbons (Fsp3) is 0.840. The van der Waals surface area contributed by atoms with E-state index in [0.717, 1.165) is 6.29 Å². The first kappa shape index (κ1) is 34.7. The number of carbonyl (C=O) groups is 4. The highest BCUT2D eigenvalue weighted by atomic mass is 32.1. The molecule has 34 heavy (non-hydrogen) atoms. The second-order valence-electron chi connectivity index (χ2n) is 10.1. The minimum absolute atomic E-state index is 0.101. The Balaban J connectivity index is 0. The van der Waals surface area contributed by atoms with Crippen molar-refractivity contribution in [2.45, 2.75) is 124 Å². The summed E-state index contributed by atoms with van der Waals surface area (Å²) in [4.78, 5) is 49.2. The fourth-order valence-electron chi connectivity index (χ4n) is 3.85. The van der Waals surface area contributed by atoms with E-state index < -0.39 is 33.9 Å². The second kappa shape index (κ2) is 14.8. The van der Waals surface area contributed by atoms with Gasteiger partial charge in [-0.25, -0.2) is 0 Å². The number of nitrogens with one attached hydrogen (secondary N) is 1. The summed E-state index contributed by atoms with van der Waals surface area (Å²) in [6, 6.07) is -0.627. The van der Waals surface area contributed by atoms with Crippen LogP contribution >= 0.6 is 12.6 Å². The first-order chi connectivity index (χ1) is 15.5.